The van der Waals surface area contributed by atoms with Gasteiger partial charge < -0.3 is 10.1 Å². The van der Waals surface area contributed by atoms with Crippen LogP contribution in [0.1, 0.15) is 16.1 Å². The molecule has 0 spiro atoms. The summed E-state index contributed by atoms with van der Waals surface area (Å²) in [6.45, 7) is 0.566. The van der Waals surface area contributed by atoms with E-state index in [2.05, 4.69) is 31.4 Å². The SMILES string of the molecule is COc1ccc(CCNC(=O)c2[nH]ncc2Br)cc1. The molecule has 0 saturated carbocycles. The minimum Gasteiger partial charge on any atom is -0.497 e. The third kappa shape index (κ3) is 3.57. The highest BCUT2D eigenvalue weighted by molar-refractivity contribution is 9.10. The van der Waals surface area contributed by atoms with Gasteiger partial charge in [0.15, 0.2) is 0 Å². The topological polar surface area (TPSA) is 67.0 Å². The van der Waals surface area contributed by atoms with E-state index >= 15 is 0 Å². The summed E-state index contributed by atoms with van der Waals surface area (Å²) in [5.74, 6) is 0.659. The van der Waals surface area contributed by atoms with Crippen molar-refractivity contribution in [1.82, 2.24) is 15.5 Å². The van der Waals surface area contributed by atoms with Gasteiger partial charge in [-0.25, -0.2) is 0 Å². The van der Waals surface area contributed by atoms with Crippen LogP contribution in [0, 0.1) is 0 Å². The van der Waals surface area contributed by atoms with Gasteiger partial charge in [-0.2, -0.15) is 5.10 Å². The first-order chi connectivity index (χ1) is 9.20. The average molecular weight is 324 g/mol. The molecule has 0 fully saturated rings. The predicted molar refractivity (Wildman–Crippen MR) is 75.3 cm³/mol. The van der Waals surface area contributed by atoms with E-state index in [0.29, 0.717) is 16.7 Å². The molecule has 2 N–H and O–H groups in total. The predicted octanol–water partition coefficient (Wildman–Crippen LogP) is 2.15. The zero-order chi connectivity index (χ0) is 13.7. The number of nitrogens with zero attached hydrogens (tertiary/aromatic N) is 1. The van der Waals surface area contributed by atoms with Crippen molar-refractivity contribution in [3.05, 3.63) is 46.2 Å². The minimum absolute atomic E-state index is 0.169. The van der Waals surface area contributed by atoms with E-state index < -0.39 is 0 Å². The second-order valence-corrected chi connectivity index (χ2v) is 4.80. The molecule has 1 heterocycles. The summed E-state index contributed by atoms with van der Waals surface area (Å²) in [6, 6.07) is 7.78. The van der Waals surface area contributed by atoms with Crippen molar-refractivity contribution in [1.29, 1.82) is 0 Å². The smallest absolute Gasteiger partial charge is 0.270 e. The maximum Gasteiger partial charge on any atom is 0.270 e. The van der Waals surface area contributed by atoms with Gasteiger partial charge in [-0.15, -0.1) is 0 Å². The number of hydrogen-bond donors (Lipinski definition) is 2. The molecule has 100 valence electrons. The van der Waals surface area contributed by atoms with Crippen LogP contribution >= 0.6 is 15.9 Å². The lowest BCUT2D eigenvalue weighted by Gasteiger charge is -2.05. The molecule has 0 aliphatic heterocycles. The molecule has 0 atom stereocenters. The number of rotatable bonds is 5. The number of carbonyl (C=O) groups is 1. The molecule has 0 radical (unpaired) electrons. The number of hydrogen-bond acceptors (Lipinski definition) is 3. The van der Waals surface area contributed by atoms with E-state index in [-0.39, 0.29) is 5.91 Å². The maximum atomic E-state index is 11.8. The number of H-pyrrole nitrogens is 1. The first-order valence-electron chi connectivity index (χ1n) is 5.80. The number of amides is 1. The van der Waals surface area contributed by atoms with Crippen LogP contribution in [0.15, 0.2) is 34.9 Å². The molecular weight excluding hydrogens is 310 g/mol. The van der Waals surface area contributed by atoms with Crippen molar-refractivity contribution >= 4 is 21.8 Å². The Morgan fingerprint density at radius 1 is 1.42 bits per heavy atom. The molecule has 0 aliphatic rings. The third-order valence-electron chi connectivity index (χ3n) is 2.68. The Morgan fingerprint density at radius 3 is 2.74 bits per heavy atom. The monoisotopic (exact) mass is 323 g/mol. The van der Waals surface area contributed by atoms with Crippen LogP contribution in [0.4, 0.5) is 0 Å². The lowest BCUT2D eigenvalue weighted by atomic mass is 10.1. The summed E-state index contributed by atoms with van der Waals surface area (Å²) in [5.41, 5.74) is 1.58. The van der Waals surface area contributed by atoms with Crippen LogP contribution in [0.5, 0.6) is 5.75 Å². The number of aromatic amines is 1. The number of aromatic nitrogens is 2. The second-order valence-electron chi connectivity index (χ2n) is 3.95. The summed E-state index contributed by atoms with van der Waals surface area (Å²) in [4.78, 5) is 11.8. The number of benzene rings is 1. The Kier molecular flexibility index (Phi) is 4.57. The molecule has 19 heavy (non-hydrogen) atoms. The van der Waals surface area contributed by atoms with Gasteiger partial charge in [0.25, 0.3) is 5.91 Å². The lowest BCUT2D eigenvalue weighted by Crippen LogP contribution is -2.26. The van der Waals surface area contributed by atoms with E-state index in [9.17, 15) is 4.79 Å². The normalized spacial score (nSPS) is 10.2. The highest BCUT2D eigenvalue weighted by atomic mass is 79.9. The minimum atomic E-state index is -0.169. The highest BCUT2D eigenvalue weighted by Crippen LogP contribution is 2.13. The number of nitrogens with one attached hydrogen (secondary N) is 2. The largest absolute Gasteiger partial charge is 0.497 e. The molecule has 0 bridgehead atoms. The van der Waals surface area contributed by atoms with Crippen LogP contribution in [0.2, 0.25) is 0 Å². The standard InChI is InChI=1S/C13H14BrN3O2/c1-19-10-4-2-9(3-5-10)6-7-15-13(18)12-11(14)8-16-17-12/h2-5,8H,6-7H2,1H3,(H,15,18)(H,16,17). The van der Waals surface area contributed by atoms with E-state index in [0.717, 1.165) is 17.7 Å². The van der Waals surface area contributed by atoms with Gasteiger partial charge in [-0.1, -0.05) is 12.1 Å². The van der Waals surface area contributed by atoms with Gasteiger partial charge in [-0.3, -0.25) is 9.89 Å². The average Bonchev–Trinajstić information content (AvgIpc) is 2.86. The highest BCUT2D eigenvalue weighted by Gasteiger charge is 2.10. The third-order valence-corrected chi connectivity index (χ3v) is 3.28. The molecular formula is C13H14BrN3O2. The first-order valence-corrected chi connectivity index (χ1v) is 6.60. The number of ether oxygens (including phenoxy) is 1. The summed E-state index contributed by atoms with van der Waals surface area (Å²) < 4.78 is 5.75. The zero-order valence-electron chi connectivity index (χ0n) is 10.4. The molecule has 0 saturated heterocycles. The molecule has 2 rings (SSSR count). The number of carbonyl (C=O) groups excluding carboxylic acids is 1. The van der Waals surface area contributed by atoms with Crippen LogP contribution in [0.25, 0.3) is 0 Å². The van der Waals surface area contributed by atoms with Gasteiger partial charge in [0.1, 0.15) is 11.4 Å². The first kappa shape index (κ1) is 13.6. The second kappa shape index (κ2) is 6.38. The van der Waals surface area contributed by atoms with Gasteiger partial charge in [0.2, 0.25) is 0 Å². The summed E-state index contributed by atoms with van der Waals surface area (Å²) in [7, 11) is 1.64. The fourth-order valence-electron chi connectivity index (χ4n) is 1.63. The summed E-state index contributed by atoms with van der Waals surface area (Å²) in [5, 5.41) is 9.26. The summed E-state index contributed by atoms with van der Waals surface area (Å²) in [6.07, 6.45) is 2.32. The Labute approximate surface area is 119 Å². The van der Waals surface area contributed by atoms with Gasteiger partial charge >= 0.3 is 0 Å². The van der Waals surface area contributed by atoms with Crippen molar-refractivity contribution in [2.45, 2.75) is 6.42 Å². The van der Waals surface area contributed by atoms with Crippen LogP contribution < -0.4 is 10.1 Å². The van der Waals surface area contributed by atoms with Gasteiger partial charge in [0, 0.05) is 6.54 Å². The van der Waals surface area contributed by atoms with Crippen molar-refractivity contribution < 1.29 is 9.53 Å². The van der Waals surface area contributed by atoms with Crippen LogP contribution in [-0.2, 0) is 6.42 Å². The number of halogens is 1. The molecule has 5 nitrogen and oxygen atoms in total. The Morgan fingerprint density at radius 2 is 2.16 bits per heavy atom. The molecule has 0 unspecified atom stereocenters. The molecule has 1 aromatic carbocycles. The fraction of sp³-hybridized carbons (Fsp3) is 0.231. The van der Waals surface area contributed by atoms with Crippen molar-refractivity contribution in [3.8, 4) is 5.75 Å². The number of methoxy groups -OCH3 is 1. The van der Waals surface area contributed by atoms with E-state index in [1.54, 1.807) is 13.3 Å². The fourth-order valence-corrected chi connectivity index (χ4v) is 2.00. The summed E-state index contributed by atoms with van der Waals surface area (Å²) >= 11 is 3.25. The molecule has 1 aromatic heterocycles. The Hall–Kier alpha value is -1.82. The van der Waals surface area contributed by atoms with Crippen molar-refractivity contribution in [2.75, 3.05) is 13.7 Å². The molecule has 6 heteroatoms. The molecule has 1 amide bonds. The molecule has 0 aliphatic carbocycles. The van der Waals surface area contributed by atoms with Crippen LogP contribution in [-0.4, -0.2) is 29.8 Å². The Bertz CT molecular complexity index is 551. The maximum absolute atomic E-state index is 11.8. The van der Waals surface area contributed by atoms with E-state index in [4.69, 9.17) is 4.74 Å². The molecule has 2 aromatic rings. The van der Waals surface area contributed by atoms with Gasteiger partial charge in [0.05, 0.1) is 17.8 Å². The van der Waals surface area contributed by atoms with Crippen LogP contribution in [0.3, 0.4) is 0 Å². The van der Waals surface area contributed by atoms with Crippen molar-refractivity contribution in [2.24, 2.45) is 0 Å². The van der Waals surface area contributed by atoms with E-state index in [1.807, 2.05) is 24.3 Å². The van der Waals surface area contributed by atoms with Gasteiger partial charge in [-0.05, 0) is 40.0 Å². The quantitative estimate of drug-likeness (QED) is 0.886. The Balaban J connectivity index is 1.83. The van der Waals surface area contributed by atoms with E-state index in [1.165, 1.54) is 0 Å². The van der Waals surface area contributed by atoms with Crippen molar-refractivity contribution in [3.63, 3.8) is 0 Å². The zero-order valence-corrected chi connectivity index (χ0v) is 12.0. The lowest BCUT2D eigenvalue weighted by molar-refractivity contribution is 0.0948.